The van der Waals surface area contributed by atoms with Gasteiger partial charge in [-0.1, -0.05) is 164 Å². The SMILES string of the molecule is [2H]c1c([2H])c(N(c2ccc(-c3ccc4c(c3)c3ccccc3n4-c3ccccc3)cc2)c2cc3ccccc3c3ccccc23)c([2H])c([2H])c1-c1cc2ccccc2c2ccccc12. The second-order valence-corrected chi connectivity index (χ2v) is 15.4. The molecule has 0 aliphatic heterocycles. The Morgan fingerprint density at radius 3 is 1.58 bits per heavy atom. The van der Waals surface area contributed by atoms with E-state index >= 15 is 0 Å². The smallest absolute Gasteiger partial charge is 0.0645 e. The molecule has 0 atom stereocenters. The predicted octanol–water partition coefficient (Wildman–Crippen LogP) is 16.2. The van der Waals surface area contributed by atoms with Crippen LogP contribution in [0.25, 0.3) is 92.8 Å². The van der Waals surface area contributed by atoms with E-state index < -0.39 is 0 Å². The van der Waals surface area contributed by atoms with E-state index in [9.17, 15) is 5.48 Å². The molecule has 0 radical (unpaired) electrons. The van der Waals surface area contributed by atoms with Gasteiger partial charge in [0.15, 0.2) is 0 Å². The van der Waals surface area contributed by atoms with E-state index in [0.717, 1.165) is 87.7 Å². The van der Waals surface area contributed by atoms with Crippen LogP contribution in [0.2, 0.25) is 0 Å². The van der Waals surface area contributed by atoms with Gasteiger partial charge in [0.2, 0.25) is 0 Å². The van der Waals surface area contributed by atoms with Gasteiger partial charge >= 0.3 is 0 Å². The highest BCUT2D eigenvalue weighted by molar-refractivity contribution is 6.16. The van der Waals surface area contributed by atoms with Crippen LogP contribution in [0, 0.1) is 0 Å². The molecular weight excluding hydrogens is 725 g/mol. The molecule has 60 heavy (non-hydrogen) atoms. The van der Waals surface area contributed by atoms with E-state index in [-0.39, 0.29) is 35.4 Å². The van der Waals surface area contributed by atoms with E-state index in [1.807, 2.05) is 89.8 Å². The number of hydrogen-bond donors (Lipinski definition) is 0. The Morgan fingerprint density at radius 1 is 0.333 bits per heavy atom. The third-order valence-electron chi connectivity index (χ3n) is 12.0. The third-order valence-corrected chi connectivity index (χ3v) is 12.0. The minimum atomic E-state index is -0.116. The Bertz CT molecular complexity index is 3810. The van der Waals surface area contributed by atoms with Crippen LogP contribution in [-0.2, 0) is 0 Å². The number of benzene rings is 11. The molecule has 280 valence electrons. The zero-order chi connectivity index (χ0) is 43.1. The molecule has 1 aromatic heterocycles. The topological polar surface area (TPSA) is 8.17 Å². The summed E-state index contributed by atoms with van der Waals surface area (Å²) in [6.07, 6.45) is 0. The zero-order valence-corrected chi connectivity index (χ0v) is 32.5. The molecule has 0 spiro atoms. The predicted molar refractivity (Wildman–Crippen MR) is 256 cm³/mol. The summed E-state index contributed by atoms with van der Waals surface area (Å²) in [5.74, 6) is 0. The van der Waals surface area contributed by atoms with Gasteiger partial charge in [0.1, 0.15) is 0 Å². The van der Waals surface area contributed by atoms with Crippen LogP contribution < -0.4 is 4.90 Å². The molecule has 0 saturated heterocycles. The van der Waals surface area contributed by atoms with Crippen molar-refractivity contribution in [3.8, 4) is 27.9 Å². The highest BCUT2D eigenvalue weighted by Crippen LogP contribution is 2.44. The highest BCUT2D eigenvalue weighted by atomic mass is 15.1. The molecule has 1 heterocycles. The Morgan fingerprint density at radius 2 is 0.867 bits per heavy atom. The van der Waals surface area contributed by atoms with Crippen LogP contribution in [0.5, 0.6) is 0 Å². The first-order chi connectivity index (χ1) is 31.4. The van der Waals surface area contributed by atoms with Crippen molar-refractivity contribution in [1.82, 2.24) is 4.57 Å². The van der Waals surface area contributed by atoms with E-state index in [0.29, 0.717) is 5.56 Å². The van der Waals surface area contributed by atoms with Crippen molar-refractivity contribution in [1.29, 1.82) is 0 Å². The quantitative estimate of drug-likeness (QED) is 0.153. The largest absolute Gasteiger partial charge is 0.310 e. The zero-order valence-electron chi connectivity index (χ0n) is 36.5. The molecule has 11 aromatic carbocycles. The lowest BCUT2D eigenvalue weighted by Crippen LogP contribution is -2.10. The Balaban J connectivity index is 1.06. The summed E-state index contributed by atoms with van der Waals surface area (Å²) in [7, 11) is 0. The average Bonchev–Trinajstić information content (AvgIpc) is 3.68. The molecule has 0 N–H and O–H groups in total. The van der Waals surface area contributed by atoms with E-state index in [1.54, 1.807) is 0 Å². The minimum absolute atomic E-state index is 0.0916. The van der Waals surface area contributed by atoms with Gasteiger partial charge in [-0.15, -0.1) is 0 Å². The molecule has 0 amide bonds. The molecule has 0 unspecified atom stereocenters. The fraction of sp³-hybridized carbons (Fsp3) is 0. The van der Waals surface area contributed by atoms with E-state index in [2.05, 4.69) is 126 Å². The standard InChI is InChI=1S/C58H38N2/c1-2-16-44(17-3-1)60-56-25-13-12-24-53(56)55-36-41(30-35-57(55)60)39-26-31-45(32-27-39)59(58-38-43-15-5-7-19-48(43)50-21-10-11-23-52(50)58)46-33-28-40(29-34-46)54-37-42-14-4-6-18-47(42)49-20-8-9-22-51(49)54/h1-38H/i28D,29D,33D,34D. The summed E-state index contributed by atoms with van der Waals surface area (Å²) >= 11 is 0. The first-order valence-electron chi connectivity index (χ1n) is 22.4. The van der Waals surface area contributed by atoms with Crippen molar-refractivity contribution >= 4 is 82.0 Å². The van der Waals surface area contributed by atoms with Crippen LogP contribution in [-0.4, -0.2) is 4.57 Å². The van der Waals surface area contributed by atoms with Crippen molar-refractivity contribution in [3.05, 3.63) is 230 Å². The number of rotatable bonds is 6. The first-order valence-corrected chi connectivity index (χ1v) is 20.4. The fourth-order valence-electron chi connectivity index (χ4n) is 9.23. The fourth-order valence-corrected chi connectivity index (χ4v) is 9.23. The molecule has 0 aliphatic rings. The van der Waals surface area contributed by atoms with Crippen LogP contribution >= 0.6 is 0 Å². The number of para-hydroxylation sites is 2. The van der Waals surface area contributed by atoms with Gasteiger partial charge in [-0.2, -0.15) is 0 Å². The number of anilines is 3. The molecule has 12 rings (SSSR count). The summed E-state index contributed by atoms with van der Waals surface area (Å²) in [5, 5.41) is 10.3. The molecule has 0 fully saturated rings. The summed E-state index contributed by atoms with van der Waals surface area (Å²) in [5.41, 5.74) is 8.10. The molecule has 0 bridgehead atoms. The van der Waals surface area contributed by atoms with Gasteiger partial charge in [-0.3, -0.25) is 0 Å². The second-order valence-electron chi connectivity index (χ2n) is 15.4. The maximum atomic E-state index is 9.84. The van der Waals surface area contributed by atoms with Crippen LogP contribution in [0.15, 0.2) is 230 Å². The lowest BCUT2D eigenvalue weighted by atomic mass is 9.93. The first kappa shape index (κ1) is 30.2. The minimum Gasteiger partial charge on any atom is -0.310 e. The molecule has 0 saturated carbocycles. The number of hydrogen-bond acceptors (Lipinski definition) is 1. The lowest BCUT2D eigenvalue weighted by Gasteiger charge is -2.28. The van der Waals surface area contributed by atoms with Crippen LogP contribution in [0.3, 0.4) is 0 Å². The van der Waals surface area contributed by atoms with Gasteiger partial charge in [0.05, 0.1) is 22.2 Å². The van der Waals surface area contributed by atoms with Gasteiger partial charge in [0, 0.05) is 33.2 Å². The Hall–Kier alpha value is -7.94. The Labute approximate surface area is 354 Å². The van der Waals surface area contributed by atoms with Crippen LogP contribution in [0.1, 0.15) is 5.48 Å². The Kier molecular flexibility index (Phi) is 6.98. The van der Waals surface area contributed by atoms with E-state index in [1.165, 1.54) is 5.39 Å². The highest BCUT2D eigenvalue weighted by Gasteiger charge is 2.19. The third kappa shape index (κ3) is 5.50. The molecule has 2 nitrogen and oxygen atoms in total. The maximum Gasteiger partial charge on any atom is 0.0645 e. The normalized spacial score (nSPS) is 12.6. The second kappa shape index (κ2) is 13.9. The summed E-state index contributed by atoms with van der Waals surface area (Å²) in [6, 6.07) is 70.2. The van der Waals surface area contributed by atoms with Crippen molar-refractivity contribution in [2.75, 3.05) is 4.90 Å². The summed E-state index contributed by atoms with van der Waals surface area (Å²) in [4.78, 5) is 1.93. The van der Waals surface area contributed by atoms with Gasteiger partial charge in [-0.25, -0.2) is 0 Å². The van der Waals surface area contributed by atoms with E-state index in [4.69, 9.17) is 0 Å². The van der Waals surface area contributed by atoms with Crippen molar-refractivity contribution in [2.24, 2.45) is 0 Å². The average molecular weight is 767 g/mol. The number of aromatic nitrogens is 1. The molecule has 0 aliphatic carbocycles. The molecule has 12 aromatic rings. The number of fused-ring (bicyclic) bond motifs is 9. The molecular formula is C58H38N2. The lowest BCUT2D eigenvalue weighted by molar-refractivity contribution is 1.18. The van der Waals surface area contributed by atoms with Crippen molar-refractivity contribution in [3.63, 3.8) is 0 Å². The van der Waals surface area contributed by atoms with Crippen molar-refractivity contribution < 1.29 is 5.48 Å². The summed E-state index contributed by atoms with van der Waals surface area (Å²) in [6.45, 7) is 0. The van der Waals surface area contributed by atoms with Gasteiger partial charge in [0.25, 0.3) is 0 Å². The van der Waals surface area contributed by atoms with Gasteiger partial charge < -0.3 is 9.47 Å². The van der Waals surface area contributed by atoms with Gasteiger partial charge in [-0.05, 0) is 127 Å². The number of nitrogens with zero attached hydrogens (tertiary/aromatic N) is 2. The maximum absolute atomic E-state index is 9.84. The molecule has 2 heteroatoms. The monoisotopic (exact) mass is 766 g/mol. The van der Waals surface area contributed by atoms with Crippen molar-refractivity contribution in [2.45, 2.75) is 0 Å². The van der Waals surface area contributed by atoms with Crippen LogP contribution in [0.4, 0.5) is 17.1 Å². The summed E-state index contributed by atoms with van der Waals surface area (Å²) < 4.78 is 41.4.